The third-order valence-electron chi connectivity index (χ3n) is 7.02. The lowest BCUT2D eigenvalue weighted by molar-refractivity contribution is 0.0655. The van der Waals surface area contributed by atoms with Crippen molar-refractivity contribution in [2.45, 2.75) is 45.3 Å². The molecule has 2 aliphatic rings. The van der Waals surface area contributed by atoms with Crippen LogP contribution in [0, 0.1) is 0 Å². The van der Waals surface area contributed by atoms with Crippen LogP contribution >= 0.6 is 11.3 Å². The Morgan fingerprint density at radius 1 is 1.05 bits per heavy atom. The van der Waals surface area contributed by atoms with Crippen LogP contribution in [0.15, 0.2) is 77.0 Å². The smallest absolute Gasteiger partial charge is 0.134 e. The summed E-state index contributed by atoms with van der Waals surface area (Å²) in [4.78, 5) is 9.74. The van der Waals surface area contributed by atoms with Crippen molar-refractivity contribution < 1.29 is 14.2 Å². The third kappa shape index (κ3) is 5.74. The Balaban J connectivity index is 1.25. The quantitative estimate of drug-likeness (QED) is 0.296. The molecule has 8 nitrogen and oxygen atoms in total. The molecule has 2 N–H and O–H groups in total. The van der Waals surface area contributed by atoms with Crippen LogP contribution in [0.5, 0.6) is 17.2 Å². The molecule has 4 aromatic rings. The second kappa shape index (κ2) is 11.4. The van der Waals surface area contributed by atoms with Crippen LogP contribution in [0.1, 0.15) is 48.4 Å². The molecular formula is C30H31N5O3S. The number of amidine groups is 1. The molecule has 0 bridgehead atoms. The van der Waals surface area contributed by atoms with Gasteiger partial charge in [-0.2, -0.15) is 5.10 Å². The summed E-state index contributed by atoms with van der Waals surface area (Å²) >= 11 is 1.57. The van der Waals surface area contributed by atoms with Gasteiger partial charge in [0.05, 0.1) is 27.7 Å². The van der Waals surface area contributed by atoms with Crippen molar-refractivity contribution in [2.24, 2.45) is 10.7 Å². The number of hydrogen-bond acceptors (Lipinski definition) is 8. The van der Waals surface area contributed by atoms with Crippen molar-refractivity contribution in [1.29, 1.82) is 0 Å². The van der Waals surface area contributed by atoms with Crippen molar-refractivity contribution in [1.82, 2.24) is 14.8 Å². The van der Waals surface area contributed by atoms with Crippen LogP contribution in [0.25, 0.3) is 11.3 Å². The van der Waals surface area contributed by atoms with E-state index >= 15 is 0 Å². The predicted octanol–water partition coefficient (Wildman–Crippen LogP) is 6.28. The van der Waals surface area contributed by atoms with Crippen molar-refractivity contribution in [3.05, 3.63) is 88.1 Å². The standard InChI is InChI=1S/C30H31N5O3S/c1-20-5-10-27-28(30(31)33-16-20)29(34-35(27)22-11-13-36-14-12-22)21-6-8-23(9-7-21)38-25-4-2-3-24(15-25)37-18-26-17-32-19-39-26/h2-4,6-9,15-17,19,22H,5,10-14,18H2,1H3,(H2,31,33). The number of nitrogens with two attached hydrogens (primary N) is 1. The van der Waals surface area contributed by atoms with Gasteiger partial charge in [0.2, 0.25) is 0 Å². The molecule has 0 saturated carbocycles. The topological polar surface area (TPSA) is 96.8 Å². The van der Waals surface area contributed by atoms with Gasteiger partial charge < -0.3 is 19.9 Å². The Hall–Kier alpha value is -3.95. The molecule has 9 heteroatoms. The van der Waals surface area contributed by atoms with Gasteiger partial charge in [-0.25, -0.2) is 4.99 Å². The van der Waals surface area contributed by atoms with Gasteiger partial charge in [-0.15, -0.1) is 11.3 Å². The van der Waals surface area contributed by atoms with Crippen LogP contribution in [-0.2, 0) is 17.8 Å². The van der Waals surface area contributed by atoms with E-state index in [1.165, 1.54) is 5.57 Å². The molecule has 0 radical (unpaired) electrons. The Morgan fingerprint density at radius 3 is 2.67 bits per heavy atom. The highest BCUT2D eigenvalue weighted by atomic mass is 32.1. The van der Waals surface area contributed by atoms with E-state index < -0.39 is 0 Å². The highest BCUT2D eigenvalue weighted by molar-refractivity contribution is 7.09. The zero-order valence-corrected chi connectivity index (χ0v) is 22.7. The molecule has 0 amide bonds. The molecule has 0 unspecified atom stereocenters. The molecule has 6 rings (SSSR count). The predicted molar refractivity (Wildman–Crippen MR) is 153 cm³/mol. The maximum Gasteiger partial charge on any atom is 0.134 e. The van der Waals surface area contributed by atoms with Crippen molar-refractivity contribution in [2.75, 3.05) is 13.2 Å². The maximum atomic E-state index is 6.55. The summed E-state index contributed by atoms with van der Waals surface area (Å²) in [7, 11) is 0. The van der Waals surface area contributed by atoms with Gasteiger partial charge in [-0.3, -0.25) is 9.67 Å². The lowest BCUT2D eigenvalue weighted by atomic mass is 9.99. The van der Waals surface area contributed by atoms with Gasteiger partial charge in [0.25, 0.3) is 0 Å². The average molecular weight is 542 g/mol. The molecule has 4 heterocycles. The zero-order valence-electron chi connectivity index (χ0n) is 21.9. The molecule has 2 aromatic heterocycles. The molecular weight excluding hydrogens is 510 g/mol. The second-order valence-electron chi connectivity index (χ2n) is 9.81. The number of hydrogen-bond donors (Lipinski definition) is 1. The van der Waals surface area contributed by atoms with Crippen molar-refractivity contribution in [3.63, 3.8) is 0 Å². The fourth-order valence-electron chi connectivity index (χ4n) is 4.95. The van der Waals surface area contributed by atoms with Crippen LogP contribution < -0.4 is 15.2 Å². The number of aromatic nitrogens is 3. The molecule has 39 heavy (non-hydrogen) atoms. The minimum absolute atomic E-state index is 0.297. The fraction of sp³-hybridized carbons (Fsp3) is 0.300. The van der Waals surface area contributed by atoms with Gasteiger partial charge in [0.1, 0.15) is 35.4 Å². The summed E-state index contributed by atoms with van der Waals surface area (Å²) in [6.45, 7) is 4.08. The van der Waals surface area contributed by atoms with Gasteiger partial charge in [-0.05, 0) is 69.0 Å². The number of rotatable bonds is 7. The lowest BCUT2D eigenvalue weighted by Crippen LogP contribution is -2.23. The molecule has 0 atom stereocenters. The number of thiazole rings is 1. The fourth-order valence-corrected chi connectivity index (χ4v) is 5.45. The van der Waals surface area contributed by atoms with Crippen LogP contribution in [-0.4, -0.2) is 33.8 Å². The Bertz CT molecular complexity index is 1490. The Labute approximate surface area is 231 Å². The summed E-state index contributed by atoms with van der Waals surface area (Å²) in [5, 5.41) is 5.13. The number of allylic oxidation sites excluding steroid dienone is 1. The first-order chi connectivity index (χ1) is 19.1. The SMILES string of the molecule is CC1=CN=C(N)c2c(-c3ccc(Oc4cccc(OCc5cncs5)c4)cc3)nn(C3CCOCC3)c2CC1. The van der Waals surface area contributed by atoms with Crippen molar-refractivity contribution in [3.8, 4) is 28.5 Å². The molecule has 2 aliphatic heterocycles. The molecule has 200 valence electrons. The third-order valence-corrected chi connectivity index (χ3v) is 7.77. The molecule has 1 fully saturated rings. The van der Waals surface area contributed by atoms with Crippen LogP contribution in [0.3, 0.4) is 0 Å². The highest BCUT2D eigenvalue weighted by Crippen LogP contribution is 2.34. The van der Waals surface area contributed by atoms with Crippen molar-refractivity contribution >= 4 is 17.2 Å². The van der Waals surface area contributed by atoms with Gasteiger partial charge >= 0.3 is 0 Å². The van der Waals surface area contributed by atoms with E-state index in [0.29, 0.717) is 24.2 Å². The number of ether oxygens (including phenoxy) is 3. The maximum absolute atomic E-state index is 6.55. The van der Waals surface area contributed by atoms with Crippen LogP contribution in [0.4, 0.5) is 0 Å². The van der Waals surface area contributed by atoms with Gasteiger partial charge in [0, 0.05) is 37.2 Å². The van der Waals surface area contributed by atoms with E-state index in [0.717, 1.165) is 77.8 Å². The Morgan fingerprint density at radius 2 is 1.87 bits per heavy atom. The first kappa shape index (κ1) is 25.3. The van der Waals surface area contributed by atoms with Crippen LogP contribution in [0.2, 0.25) is 0 Å². The van der Waals surface area contributed by atoms with Gasteiger partial charge in [0.15, 0.2) is 0 Å². The van der Waals surface area contributed by atoms with E-state index in [1.807, 2.05) is 60.9 Å². The Kier molecular flexibility index (Phi) is 7.42. The summed E-state index contributed by atoms with van der Waals surface area (Å²) < 4.78 is 19.8. The summed E-state index contributed by atoms with van der Waals surface area (Å²) in [5.41, 5.74) is 13.5. The molecule has 0 aliphatic carbocycles. The minimum Gasteiger partial charge on any atom is -0.488 e. The number of benzene rings is 2. The number of nitrogens with zero attached hydrogens (tertiary/aromatic N) is 4. The molecule has 2 aromatic carbocycles. The second-order valence-corrected chi connectivity index (χ2v) is 10.8. The first-order valence-corrected chi connectivity index (χ1v) is 14.1. The molecule has 1 saturated heterocycles. The average Bonchev–Trinajstić information content (AvgIpc) is 3.62. The normalized spacial score (nSPS) is 16.0. The first-order valence-electron chi connectivity index (χ1n) is 13.2. The lowest BCUT2D eigenvalue weighted by Gasteiger charge is -2.24. The highest BCUT2D eigenvalue weighted by Gasteiger charge is 2.27. The zero-order chi connectivity index (χ0) is 26.6. The minimum atomic E-state index is 0.297. The van der Waals surface area contributed by atoms with E-state index in [-0.39, 0.29) is 0 Å². The monoisotopic (exact) mass is 541 g/mol. The van der Waals surface area contributed by atoms with E-state index in [4.69, 9.17) is 25.0 Å². The largest absolute Gasteiger partial charge is 0.488 e. The van der Waals surface area contributed by atoms with E-state index in [2.05, 4.69) is 21.6 Å². The van der Waals surface area contributed by atoms with Gasteiger partial charge in [-0.1, -0.05) is 11.6 Å². The summed E-state index contributed by atoms with van der Waals surface area (Å²) in [6, 6.07) is 15.9. The number of aliphatic imine (C=N–C) groups is 1. The molecule has 0 spiro atoms. The summed E-state index contributed by atoms with van der Waals surface area (Å²) in [6.07, 6.45) is 7.38. The van der Waals surface area contributed by atoms with E-state index in [9.17, 15) is 0 Å². The summed E-state index contributed by atoms with van der Waals surface area (Å²) in [5.74, 6) is 2.68. The number of fused-ring (bicyclic) bond motifs is 1. The van der Waals surface area contributed by atoms with E-state index in [1.54, 1.807) is 16.8 Å².